The number of methoxy groups -OCH3 is 2. The molecule has 0 aromatic heterocycles. The molecule has 9 nitrogen and oxygen atoms in total. The van der Waals surface area contributed by atoms with Gasteiger partial charge in [0.15, 0.2) is 4.99 Å². The Kier molecular flexibility index (Phi) is 9.62. The van der Waals surface area contributed by atoms with E-state index in [0.717, 1.165) is 11.1 Å². The van der Waals surface area contributed by atoms with Crippen molar-refractivity contribution in [2.24, 2.45) is 0 Å². The van der Waals surface area contributed by atoms with Crippen LogP contribution in [0.5, 0.6) is 11.5 Å². The number of nitrogens with one attached hydrogen (secondary N) is 2. The van der Waals surface area contributed by atoms with E-state index in [9.17, 15) is 14.4 Å². The van der Waals surface area contributed by atoms with Gasteiger partial charge in [-0.2, -0.15) is 0 Å². The third-order valence-electron chi connectivity index (χ3n) is 5.98. The predicted octanol–water partition coefficient (Wildman–Crippen LogP) is 2.75. The zero-order chi connectivity index (χ0) is 27.2. The lowest BCUT2D eigenvalue weighted by atomic mass is 10.1. The number of carbonyl (C=O) groups is 3. The molecule has 2 aromatic carbocycles. The van der Waals surface area contributed by atoms with Gasteiger partial charge in [0, 0.05) is 11.1 Å². The van der Waals surface area contributed by atoms with E-state index < -0.39 is 28.7 Å². The molecule has 0 saturated carbocycles. The van der Waals surface area contributed by atoms with Crippen LogP contribution in [0.2, 0.25) is 0 Å². The summed E-state index contributed by atoms with van der Waals surface area (Å²) in [5.41, 5.74) is 8.11. The number of amides is 3. The quantitative estimate of drug-likeness (QED) is 0.252. The average Bonchev–Trinajstić information content (AvgIpc) is 2.86. The van der Waals surface area contributed by atoms with Gasteiger partial charge in [0.2, 0.25) is 0 Å². The highest BCUT2D eigenvalue weighted by Crippen LogP contribution is 2.23. The lowest BCUT2D eigenvalue weighted by Gasteiger charge is -2.36. The summed E-state index contributed by atoms with van der Waals surface area (Å²) < 4.78 is 9.66. The molecule has 0 radical (unpaired) electrons. The molecular formula is C25H31N4O5S2+. The lowest BCUT2D eigenvalue weighted by Crippen LogP contribution is -2.64. The van der Waals surface area contributed by atoms with Gasteiger partial charge in [-0.1, -0.05) is 41.2 Å². The number of thiocarbonyl (C=S) groups is 2. The Morgan fingerprint density at radius 1 is 0.917 bits per heavy atom. The first-order chi connectivity index (χ1) is 16.9. The minimum atomic E-state index is -0.831. The molecule has 2 aromatic rings. The fraction of sp³-hybridized carbons (Fsp3) is 0.320. The van der Waals surface area contributed by atoms with E-state index in [1.54, 1.807) is 31.4 Å². The van der Waals surface area contributed by atoms with Crippen LogP contribution in [0.25, 0.3) is 0 Å². The first kappa shape index (κ1) is 28.8. The molecule has 3 amide bonds. The van der Waals surface area contributed by atoms with Crippen molar-refractivity contribution in [3.8, 4) is 11.5 Å². The van der Waals surface area contributed by atoms with Gasteiger partial charge in [0.25, 0.3) is 5.91 Å². The van der Waals surface area contributed by atoms with Gasteiger partial charge in [-0.05, 0) is 49.2 Å². The minimum absolute atomic E-state index is 0.253. The van der Waals surface area contributed by atoms with E-state index in [-0.39, 0.29) is 9.98 Å². The third-order valence-corrected chi connectivity index (χ3v) is 6.79. The molecule has 0 fully saturated rings. The monoisotopic (exact) mass is 531 g/mol. The summed E-state index contributed by atoms with van der Waals surface area (Å²) in [6.45, 7) is 5.00. The van der Waals surface area contributed by atoms with Crippen molar-refractivity contribution in [1.29, 1.82) is 0 Å². The number of hydrogen-bond acceptors (Lipinski definition) is 7. The summed E-state index contributed by atoms with van der Waals surface area (Å²) in [5.74, 6) is -0.641. The van der Waals surface area contributed by atoms with Crippen molar-refractivity contribution in [2.45, 2.75) is 27.2 Å². The number of nitrogens with zero attached hydrogens (tertiary/aromatic N) is 2. The molecule has 1 atom stereocenters. The molecule has 0 aliphatic heterocycles. The van der Waals surface area contributed by atoms with E-state index in [1.165, 1.54) is 33.1 Å². The van der Waals surface area contributed by atoms with E-state index in [1.807, 2.05) is 26.0 Å². The molecule has 0 bridgehead atoms. The van der Waals surface area contributed by atoms with Gasteiger partial charge in [0.1, 0.15) is 30.0 Å². The summed E-state index contributed by atoms with van der Waals surface area (Å²) in [6.07, 6.45) is -0.590. The second-order valence-electron chi connectivity index (χ2n) is 8.24. The van der Waals surface area contributed by atoms with E-state index in [2.05, 4.69) is 10.9 Å². The SMILES string of the molecule is COc1ccc(C)c(C(=S)NNC(=O)CC(=O)[N+](C)(C(C)=O)N(C)C(=S)c2cc(OC)ccc2C)c1. The van der Waals surface area contributed by atoms with Crippen molar-refractivity contribution in [3.05, 3.63) is 58.7 Å². The highest BCUT2D eigenvalue weighted by molar-refractivity contribution is 7.81. The predicted molar refractivity (Wildman–Crippen MR) is 144 cm³/mol. The van der Waals surface area contributed by atoms with Gasteiger partial charge in [-0.15, -0.1) is 0 Å². The highest BCUT2D eigenvalue weighted by Gasteiger charge is 2.44. The topological polar surface area (TPSA) is 97.0 Å². The smallest absolute Gasteiger partial charge is 0.354 e. The van der Waals surface area contributed by atoms with Gasteiger partial charge in [-0.3, -0.25) is 15.6 Å². The zero-order valence-corrected chi connectivity index (χ0v) is 23.1. The van der Waals surface area contributed by atoms with Crippen LogP contribution in [0.15, 0.2) is 36.4 Å². The van der Waals surface area contributed by atoms with Crippen LogP contribution in [-0.4, -0.2) is 65.6 Å². The summed E-state index contributed by atoms with van der Waals surface area (Å²) in [4.78, 5) is 39.0. The number of benzene rings is 2. The first-order valence-electron chi connectivity index (χ1n) is 10.9. The number of rotatable bonds is 6. The summed E-state index contributed by atoms with van der Waals surface area (Å²) in [7, 11) is 6.02. The van der Waals surface area contributed by atoms with Gasteiger partial charge < -0.3 is 9.47 Å². The molecule has 0 saturated heterocycles. The molecular weight excluding hydrogens is 500 g/mol. The zero-order valence-electron chi connectivity index (χ0n) is 21.4. The van der Waals surface area contributed by atoms with Crippen LogP contribution in [0.3, 0.4) is 0 Å². The molecule has 192 valence electrons. The van der Waals surface area contributed by atoms with Gasteiger partial charge in [-0.25, -0.2) is 14.6 Å². The minimum Gasteiger partial charge on any atom is -0.497 e. The first-order valence-corrected chi connectivity index (χ1v) is 11.8. The summed E-state index contributed by atoms with van der Waals surface area (Å²) in [5, 5.41) is 1.37. The molecule has 2 N–H and O–H groups in total. The molecule has 11 heteroatoms. The lowest BCUT2D eigenvalue weighted by molar-refractivity contribution is -0.862. The Morgan fingerprint density at radius 3 is 1.92 bits per heavy atom. The third kappa shape index (κ3) is 6.23. The number of imide groups is 1. The summed E-state index contributed by atoms with van der Waals surface area (Å²) in [6, 6.07) is 10.7. The van der Waals surface area contributed by atoms with Crippen molar-refractivity contribution in [3.63, 3.8) is 0 Å². The van der Waals surface area contributed by atoms with Crippen LogP contribution in [0, 0.1) is 13.8 Å². The van der Waals surface area contributed by atoms with E-state index in [4.69, 9.17) is 33.9 Å². The normalized spacial score (nSPS) is 12.1. The van der Waals surface area contributed by atoms with Gasteiger partial charge in [0.05, 0.1) is 28.2 Å². The Morgan fingerprint density at radius 2 is 1.42 bits per heavy atom. The fourth-order valence-corrected chi connectivity index (χ4v) is 4.02. The molecule has 0 aliphatic carbocycles. The Labute approximate surface area is 221 Å². The number of hydrogen-bond donors (Lipinski definition) is 2. The maximum Gasteiger partial charge on any atom is 0.354 e. The number of ether oxygens (including phenoxy) is 2. The molecule has 0 heterocycles. The van der Waals surface area contributed by atoms with Crippen LogP contribution in [0.4, 0.5) is 0 Å². The molecule has 1 unspecified atom stereocenters. The standard InChI is InChI=1S/C25H30N4O5S2/c1-15-8-10-18(33-6)12-20(15)24(35)27-26-22(31)14-23(32)29(5,17(3)30)28(4)25(36)21-13-19(34-7)11-9-16(21)2/h8-13H,14H2,1-7H3,(H-,26,27,31,35)/p+1. The van der Waals surface area contributed by atoms with Gasteiger partial charge >= 0.3 is 11.8 Å². The number of aryl methyl sites for hydroxylation is 2. The van der Waals surface area contributed by atoms with Crippen LogP contribution < -0.4 is 20.3 Å². The van der Waals surface area contributed by atoms with E-state index in [0.29, 0.717) is 22.6 Å². The van der Waals surface area contributed by atoms with Crippen molar-refractivity contribution in [2.75, 3.05) is 28.3 Å². The Bertz CT molecular complexity index is 1220. The number of quaternary nitrogens is 1. The molecule has 0 aliphatic rings. The second-order valence-corrected chi connectivity index (χ2v) is 9.04. The number of carbonyl (C=O) groups excluding carboxylic acids is 3. The second kappa shape index (κ2) is 12.0. The fourth-order valence-electron chi connectivity index (χ4n) is 3.37. The Balaban J connectivity index is 2.16. The van der Waals surface area contributed by atoms with Crippen LogP contribution in [0.1, 0.15) is 35.6 Å². The number of hydrazine groups is 1. The van der Waals surface area contributed by atoms with Crippen molar-refractivity contribution < 1.29 is 28.4 Å². The maximum absolute atomic E-state index is 13.2. The summed E-state index contributed by atoms with van der Waals surface area (Å²) >= 11 is 11.0. The van der Waals surface area contributed by atoms with Crippen LogP contribution in [-0.2, 0) is 14.4 Å². The van der Waals surface area contributed by atoms with E-state index >= 15 is 0 Å². The highest BCUT2D eigenvalue weighted by atomic mass is 32.1. The molecule has 0 spiro atoms. The van der Waals surface area contributed by atoms with Crippen molar-refractivity contribution >= 4 is 52.1 Å². The molecule has 2 rings (SSSR count). The van der Waals surface area contributed by atoms with Crippen LogP contribution >= 0.6 is 24.4 Å². The average molecular weight is 532 g/mol. The van der Waals surface area contributed by atoms with Crippen molar-refractivity contribution in [1.82, 2.24) is 15.9 Å². The maximum atomic E-state index is 13.2. The molecule has 36 heavy (non-hydrogen) atoms. The largest absolute Gasteiger partial charge is 0.497 e. The Hall–Kier alpha value is -3.41.